The molecule has 0 bridgehead atoms. The number of anilines is 1. The van der Waals surface area contributed by atoms with E-state index < -0.39 is 0 Å². The Morgan fingerprint density at radius 1 is 1.40 bits per heavy atom. The molecule has 0 saturated carbocycles. The summed E-state index contributed by atoms with van der Waals surface area (Å²) in [7, 11) is 1.83. The molecule has 104 valence electrons. The standard InChI is InChI=1S/C12H15N7O/c1-3-4-13-12-17-10-9(14-7-15-10)11(18-12)20-8-5-16-19(2)6-8/h5-7H,3-4H2,1-2H3,(H2,13,14,15,17,18). The highest BCUT2D eigenvalue weighted by Crippen LogP contribution is 2.25. The normalized spacial score (nSPS) is 10.9. The number of rotatable bonds is 5. The molecule has 0 saturated heterocycles. The molecule has 0 unspecified atom stereocenters. The molecule has 8 heteroatoms. The third-order valence-corrected chi connectivity index (χ3v) is 2.68. The highest BCUT2D eigenvalue weighted by atomic mass is 16.5. The van der Waals surface area contributed by atoms with Gasteiger partial charge in [-0.1, -0.05) is 6.92 Å². The minimum Gasteiger partial charge on any atom is -0.434 e. The lowest BCUT2D eigenvalue weighted by atomic mass is 10.5. The molecular formula is C12H15N7O. The zero-order valence-electron chi connectivity index (χ0n) is 11.3. The molecule has 0 aliphatic rings. The van der Waals surface area contributed by atoms with Crippen molar-refractivity contribution in [1.82, 2.24) is 29.7 Å². The van der Waals surface area contributed by atoms with E-state index in [1.807, 2.05) is 7.05 Å². The van der Waals surface area contributed by atoms with Gasteiger partial charge in [-0.15, -0.1) is 0 Å². The van der Waals surface area contributed by atoms with Gasteiger partial charge >= 0.3 is 0 Å². The Bertz CT molecular complexity index is 717. The number of H-pyrrole nitrogens is 1. The Labute approximate surface area is 115 Å². The molecule has 20 heavy (non-hydrogen) atoms. The summed E-state index contributed by atoms with van der Waals surface area (Å²) in [6, 6.07) is 0. The van der Waals surface area contributed by atoms with Crippen molar-refractivity contribution in [3.8, 4) is 11.6 Å². The summed E-state index contributed by atoms with van der Waals surface area (Å²) in [5, 5.41) is 7.19. The maximum Gasteiger partial charge on any atom is 0.250 e. The summed E-state index contributed by atoms with van der Waals surface area (Å²) >= 11 is 0. The quantitative estimate of drug-likeness (QED) is 0.735. The van der Waals surface area contributed by atoms with Crippen LogP contribution in [-0.4, -0.2) is 36.3 Å². The molecule has 8 nitrogen and oxygen atoms in total. The average Bonchev–Trinajstić information content (AvgIpc) is 3.05. The maximum absolute atomic E-state index is 5.75. The van der Waals surface area contributed by atoms with Gasteiger partial charge in [-0.05, 0) is 6.42 Å². The van der Waals surface area contributed by atoms with Crippen molar-refractivity contribution in [2.45, 2.75) is 13.3 Å². The van der Waals surface area contributed by atoms with Crippen molar-refractivity contribution in [3.63, 3.8) is 0 Å². The van der Waals surface area contributed by atoms with E-state index in [9.17, 15) is 0 Å². The molecule has 0 radical (unpaired) electrons. The van der Waals surface area contributed by atoms with E-state index in [0.717, 1.165) is 13.0 Å². The fraction of sp³-hybridized carbons (Fsp3) is 0.333. The van der Waals surface area contributed by atoms with Crippen LogP contribution in [0.2, 0.25) is 0 Å². The highest BCUT2D eigenvalue weighted by Gasteiger charge is 2.12. The van der Waals surface area contributed by atoms with E-state index >= 15 is 0 Å². The number of aryl methyl sites for hydroxylation is 1. The number of hydrogen-bond acceptors (Lipinski definition) is 6. The monoisotopic (exact) mass is 273 g/mol. The number of aromatic nitrogens is 6. The summed E-state index contributed by atoms with van der Waals surface area (Å²) in [5.74, 6) is 1.55. The van der Waals surface area contributed by atoms with E-state index in [4.69, 9.17) is 4.74 Å². The first-order valence-corrected chi connectivity index (χ1v) is 6.37. The highest BCUT2D eigenvalue weighted by molar-refractivity contribution is 5.77. The number of aromatic amines is 1. The van der Waals surface area contributed by atoms with Gasteiger partial charge in [-0.3, -0.25) is 4.68 Å². The topological polar surface area (TPSA) is 93.5 Å². The summed E-state index contributed by atoms with van der Waals surface area (Å²) in [5.41, 5.74) is 1.23. The lowest BCUT2D eigenvalue weighted by Crippen LogP contribution is -2.05. The van der Waals surface area contributed by atoms with Gasteiger partial charge < -0.3 is 15.0 Å². The fourth-order valence-electron chi connectivity index (χ4n) is 1.76. The second-order valence-electron chi connectivity index (χ2n) is 4.33. The van der Waals surface area contributed by atoms with E-state index in [-0.39, 0.29) is 0 Å². The molecule has 0 amide bonds. The smallest absolute Gasteiger partial charge is 0.250 e. The van der Waals surface area contributed by atoms with Crippen molar-refractivity contribution < 1.29 is 4.74 Å². The van der Waals surface area contributed by atoms with Crippen LogP contribution in [0.25, 0.3) is 11.2 Å². The molecule has 3 rings (SSSR count). The molecule has 0 aliphatic carbocycles. The van der Waals surface area contributed by atoms with Crippen LogP contribution >= 0.6 is 0 Å². The van der Waals surface area contributed by atoms with Crippen molar-refractivity contribution in [3.05, 3.63) is 18.7 Å². The van der Waals surface area contributed by atoms with E-state index in [1.165, 1.54) is 0 Å². The zero-order valence-corrected chi connectivity index (χ0v) is 11.3. The molecular weight excluding hydrogens is 258 g/mol. The number of nitrogens with one attached hydrogen (secondary N) is 2. The minimum absolute atomic E-state index is 0.430. The van der Waals surface area contributed by atoms with Gasteiger partial charge in [0.25, 0.3) is 5.88 Å². The largest absolute Gasteiger partial charge is 0.434 e. The summed E-state index contributed by atoms with van der Waals surface area (Å²) < 4.78 is 7.41. The number of nitrogens with zero attached hydrogens (tertiary/aromatic N) is 5. The van der Waals surface area contributed by atoms with E-state index in [1.54, 1.807) is 23.4 Å². The van der Waals surface area contributed by atoms with Crippen molar-refractivity contribution >= 4 is 17.1 Å². The van der Waals surface area contributed by atoms with Crippen LogP contribution in [0.5, 0.6) is 11.6 Å². The second-order valence-corrected chi connectivity index (χ2v) is 4.33. The van der Waals surface area contributed by atoms with Crippen LogP contribution in [0.3, 0.4) is 0 Å². The van der Waals surface area contributed by atoms with Gasteiger partial charge in [0.15, 0.2) is 11.4 Å². The number of fused-ring (bicyclic) bond motifs is 1. The van der Waals surface area contributed by atoms with Crippen LogP contribution in [0, 0.1) is 0 Å². The molecule has 3 aromatic rings. The van der Waals surface area contributed by atoms with Gasteiger partial charge in [0, 0.05) is 13.6 Å². The van der Waals surface area contributed by atoms with Crippen molar-refractivity contribution in [2.75, 3.05) is 11.9 Å². The first-order valence-electron chi connectivity index (χ1n) is 6.37. The molecule has 0 atom stereocenters. The van der Waals surface area contributed by atoms with Crippen LogP contribution in [-0.2, 0) is 7.05 Å². The first kappa shape index (κ1) is 12.4. The summed E-state index contributed by atoms with van der Waals surface area (Å²) in [4.78, 5) is 15.8. The molecule has 3 aromatic heterocycles. The van der Waals surface area contributed by atoms with Gasteiger partial charge in [0.05, 0.1) is 18.7 Å². The van der Waals surface area contributed by atoms with Gasteiger partial charge in [-0.25, -0.2) is 4.98 Å². The van der Waals surface area contributed by atoms with Gasteiger partial charge in [0.1, 0.15) is 5.52 Å². The molecule has 0 aliphatic heterocycles. The van der Waals surface area contributed by atoms with Gasteiger partial charge in [0.2, 0.25) is 5.95 Å². The van der Waals surface area contributed by atoms with Gasteiger partial charge in [-0.2, -0.15) is 15.1 Å². The Hall–Kier alpha value is -2.64. The predicted molar refractivity (Wildman–Crippen MR) is 73.7 cm³/mol. The molecule has 0 spiro atoms. The molecule has 2 N–H and O–H groups in total. The molecule has 0 aromatic carbocycles. The number of hydrogen-bond donors (Lipinski definition) is 2. The van der Waals surface area contributed by atoms with Crippen LogP contribution < -0.4 is 10.1 Å². The third-order valence-electron chi connectivity index (χ3n) is 2.68. The molecule has 0 fully saturated rings. The van der Waals surface area contributed by atoms with Crippen LogP contribution in [0.1, 0.15) is 13.3 Å². The molecule has 3 heterocycles. The Morgan fingerprint density at radius 2 is 2.30 bits per heavy atom. The number of ether oxygens (including phenoxy) is 1. The van der Waals surface area contributed by atoms with E-state index in [2.05, 4.69) is 37.3 Å². The van der Waals surface area contributed by atoms with Crippen molar-refractivity contribution in [1.29, 1.82) is 0 Å². The zero-order chi connectivity index (χ0) is 13.9. The fourth-order valence-corrected chi connectivity index (χ4v) is 1.76. The average molecular weight is 273 g/mol. The predicted octanol–water partition coefficient (Wildman–Crippen LogP) is 1.70. The SMILES string of the molecule is CCCNc1nc(Oc2cnn(C)c2)c2[nH]cnc2n1. The summed E-state index contributed by atoms with van der Waals surface area (Å²) in [6.07, 6.45) is 5.95. The van der Waals surface area contributed by atoms with Crippen LogP contribution in [0.4, 0.5) is 5.95 Å². The maximum atomic E-state index is 5.75. The first-order chi connectivity index (χ1) is 9.76. The lowest BCUT2D eigenvalue weighted by molar-refractivity contribution is 0.467. The van der Waals surface area contributed by atoms with Crippen molar-refractivity contribution in [2.24, 2.45) is 7.05 Å². The van der Waals surface area contributed by atoms with E-state index in [0.29, 0.717) is 28.7 Å². The lowest BCUT2D eigenvalue weighted by Gasteiger charge is -2.06. The Kier molecular flexibility index (Phi) is 3.20. The Morgan fingerprint density at radius 3 is 3.05 bits per heavy atom. The Balaban J connectivity index is 1.96. The number of imidazole rings is 1. The second kappa shape index (κ2) is 5.16. The van der Waals surface area contributed by atoms with Crippen LogP contribution in [0.15, 0.2) is 18.7 Å². The third kappa shape index (κ3) is 2.40. The summed E-state index contributed by atoms with van der Waals surface area (Å²) in [6.45, 7) is 2.87. The minimum atomic E-state index is 0.430.